The van der Waals surface area contributed by atoms with E-state index < -0.39 is 5.91 Å². The van der Waals surface area contributed by atoms with Gasteiger partial charge in [0.15, 0.2) is 16.7 Å². The van der Waals surface area contributed by atoms with Crippen molar-refractivity contribution >= 4 is 68.0 Å². The number of nitrogens with one attached hydrogen (secondary N) is 1. The van der Waals surface area contributed by atoms with Gasteiger partial charge in [-0.1, -0.05) is 53.7 Å². The first-order valence-electron chi connectivity index (χ1n) is 12.0. The number of halogens is 2. The molecule has 3 aromatic rings. The summed E-state index contributed by atoms with van der Waals surface area (Å²) >= 11 is 10.8. The number of ether oxygens (including phenoxy) is 3. The van der Waals surface area contributed by atoms with Crippen LogP contribution in [0.1, 0.15) is 17.5 Å². The molecule has 2 aliphatic rings. The number of methoxy groups -OCH3 is 1. The third-order valence-corrected chi connectivity index (χ3v) is 7.53. The van der Waals surface area contributed by atoms with Gasteiger partial charge in [-0.3, -0.25) is 15.1 Å². The topological polar surface area (TPSA) is 84.2 Å². The van der Waals surface area contributed by atoms with E-state index in [2.05, 4.69) is 20.9 Å². The number of amides is 1. The van der Waals surface area contributed by atoms with Crippen LogP contribution >= 0.6 is 39.3 Å². The Hall–Kier alpha value is -3.53. The molecule has 0 unspecified atom stereocenters. The van der Waals surface area contributed by atoms with Crippen molar-refractivity contribution in [2.24, 2.45) is 4.99 Å². The quantitative estimate of drug-likeness (QED) is 0.199. The zero-order chi connectivity index (χ0) is 27.4. The van der Waals surface area contributed by atoms with E-state index in [1.807, 2.05) is 53.9 Å². The summed E-state index contributed by atoms with van der Waals surface area (Å²) in [5, 5.41) is 11.9. The van der Waals surface area contributed by atoms with Gasteiger partial charge in [-0.2, -0.15) is 4.99 Å². The van der Waals surface area contributed by atoms with Crippen LogP contribution < -0.4 is 14.2 Å². The van der Waals surface area contributed by atoms with Gasteiger partial charge in [0.1, 0.15) is 11.6 Å². The predicted molar refractivity (Wildman–Crippen MR) is 160 cm³/mol. The van der Waals surface area contributed by atoms with Crippen molar-refractivity contribution in [2.45, 2.75) is 6.42 Å². The van der Waals surface area contributed by atoms with Crippen LogP contribution in [-0.4, -0.2) is 42.1 Å². The van der Waals surface area contributed by atoms with Gasteiger partial charge in [0.2, 0.25) is 0 Å². The van der Waals surface area contributed by atoms with Crippen LogP contribution in [0.5, 0.6) is 17.2 Å². The minimum absolute atomic E-state index is 0.0706. The van der Waals surface area contributed by atoms with Crippen molar-refractivity contribution < 1.29 is 19.0 Å². The fourth-order valence-electron chi connectivity index (χ4n) is 4.00. The number of carbonyl (C=O) groups is 1. The highest BCUT2D eigenvalue weighted by atomic mass is 79.9. The lowest BCUT2D eigenvalue weighted by molar-refractivity contribution is -0.114. The third-order valence-electron chi connectivity index (χ3n) is 5.86. The molecule has 0 atom stereocenters. The molecule has 1 N–H and O–H groups in total. The Morgan fingerprint density at radius 1 is 1.08 bits per heavy atom. The van der Waals surface area contributed by atoms with E-state index >= 15 is 0 Å². The highest BCUT2D eigenvalue weighted by Gasteiger charge is 2.36. The van der Waals surface area contributed by atoms with Crippen LogP contribution in [0.3, 0.4) is 0 Å². The Balaban J connectivity index is 1.29. The van der Waals surface area contributed by atoms with Gasteiger partial charge in [-0.15, -0.1) is 0 Å². The first-order chi connectivity index (χ1) is 18.9. The number of benzene rings is 3. The molecule has 0 aromatic heterocycles. The lowest BCUT2D eigenvalue weighted by Gasteiger charge is -2.27. The number of carbonyl (C=O) groups excluding carboxylic acids is 1. The average molecular weight is 625 g/mol. The molecule has 0 radical (unpaired) electrons. The van der Waals surface area contributed by atoms with Gasteiger partial charge < -0.3 is 14.2 Å². The summed E-state index contributed by atoms with van der Waals surface area (Å²) in [5.41, 5.74) is 2.61. The highest BCUT2D eigenvalue weighted by molar-refractivity contribution is 9.10. The SMILES string of the molecule is COc1cc(/C=C2/C(=N)N3C(c4ccccc4)=CSC3=NC2=O)cc(Br)c1OCCCOc1ccc(Cl)cc1. The minimum atomic E-state index is -0.461. The molecule has 1 amide bonds. The fourth-order valence-corrected chi connectivity index (χ4v) is 5.59. The standard InChI is InChI=1S/C29H23BrClN3O4S/c1-36-25-16-18(15-23(30)26(25)38-13-5-12-37-21-10-8-20(31)9-11-21)14-22-27(32)34-24(19-6-3-2-4-7-19)17-39-29(34)33-28(22)35/h2-4,6-11,14-17,32H,5,12-13H2,1H3/b22-14-,32-27?. The van der Waals surface area contributed by atoms with E-state index in [-0.39, 0.29) is 11.4 Å². The van der Waals surface area contributed by atoms with Gasteiger partial charge in [-0.05, 0) is 69.5 Å². The average Bonchev–Trinajstić information content (AvgIpc) is 3.37. The largest absolute Gasteiger partial charge is 0.493 e. The van der Waals surface area contributed by atoms with Gasteiger partial charge >= 0.3 is 0 Å². The molecule has 2 aliphatic heterocycles. The molecule has 0 saturated carbocycles. The number of rotatable bonds is 9. The molecule has 0 spiro atoms. The van der Waals surface area contributed by atoms with Gasteiger partial charge in [-0.25, -0.2) is 0 Å². The molecule has 5 rings (SSSR count). The maximum absolute atomic E-state index is 12.9. The van der Waals surface area contributed by atoms with Crippen molar-refractivity contribution in [1.82, 2.24) is 4.90 Å². The van der Waals surface area contributed by atoms with Crippen molar-refractivity contribution in [2.75, 3.05) is 20.3 Å². The normalized spacial score (nSPS) is 15.7. The molecule has 39 heavy (non-hydrogen) atoms. The molecule has 0 saturated heterocycles. The number of aliphatic imine (C=N–C) groups is 1. The Kier molecular flexibility index (Phi) is 8.40. The van der Waals surface area contributed by atoms with Crippen LogP contribution in [0, 0.1) is 5.41 Å². The number of fused-ring (bicyclic) bond motifs is 1. The molecular formula is C29H23BrClN3O4S. The van der Waals surface area contributed by atoms with Gasteiger partial charge in [0.25, 0.3) is 5.91 Å². The number of hydrogen-bond donors (Lipinski definition) is 1. The van der Waals surface area contributed by atoms with Crippen molar-refractivity contribution in [3.63, 3.8) is 0 Å². The first-order valence-corrected chi connectivity index (χ1v) is 14.0. The zero-order valence-corrected chi connectivity index (χ0v) is 24.0. The third kappa shape index (κ3) is 6.06. The molecule has 7 nitrogen and oxygen atoms in total. The van der Waals surface area contributed by atoms with Crippen LogP contribution in [0.4, 0.5) is 0 Å². The summed E-state index contributed by atoms with van der Waals surface area (Å²) in [6, 6.07) is 20.5. The van der Waals surface area contributed by atoms with E-state index in [1.54, 1.807) is 36.3 Å². The van der Waals surface area contributed by atoms with Crippen molar-refractivity contribution in [3.05, 3.63) is 98.3 Å². The minimum Gasteiger partial charge on any atom is -0.493 e. The number of nitrogens with zero attached hydrogens (tertiary/aromatic N) is 2. The van der Waals surface area contributed by atoms with E-state index in [9.17, 15) is 4.79 Å². The monoisotopic (exact) mass is 623 g/mol. The van der Waals surface area contributed by atoms with E-state index in [1.165, 1.54) is 11.8 Å². The molecule has 198 valence electrons. The second-order valence-electron chi connectivity index (χ2n) is 8.47. The van der Waals surface area contributed by atoms with E-state index in [0.717, 1.165) is 17.0 Å². The second kappa shape index (κ2) is 12.1. The van der Waals surface area contributed by atoms with E-state index in [0.29, 0.717) is 51.4 Å². The maximum atomic E-state index is 12.9. The highest BCUT2D eigenvalue weighted by Crippen LogP contribution is 2.39. The molecule has 3 aromatic carbocycles. The Labute approximate surface area is 243 Å². The maximum Gasteiger partial charge on any atom is 0.283 e. The van der Waals surface area contributed by atoms with E-state index in [4.69, 9.17) is 31.2 Å². The summed E-state index contributed by atoms with van der Waals surface area (Å²) < 4.78 is 17.9. The van der Waals surface area contributed by atoms with Crippen LogP contribution in [-0.2, 0) is 4.79 Å². The summed E-state index contributed by atoms with van der Waals surface area (Å²) in [5.74, 6) is 1.39. The molecular weight excluding hydrogens is 602 g/mol. The Bertz CT molecular complexity index is 1510. The molecule has 0 bridgehead atoms. The lowest BCUT2D eigenvalue weighted by atomic mass is 10.1. The second-order valence-corrected chi connectivity index (χ2v) is 10.6. The number of amidine groups is 2. The summed E-state index contributed by atoms with van der Waals surface area (Å²) in [6.07, 6.45) is 2.30. The van der Waals surface area contributed by atoms with Crippen LogP contribution in [0.25, 0.3) is 11.8 Å². The summed E-state index contributed by atoms with van der Waals surface area (Å²) in [6.45, 7) is 0.886. The molecule has 2 heterocycles. The smallest absolute Gasteiger partial charge is 0.283 e. The summed E-state index contributed by atoms with van der Waals surface area (Å²) in [7, 11) is 1.55. The number of hydrogen-bond acceptors (Lipinski definition) is 6. The molecule has 10 heteroatoms. The molecule has 0 aliphatic carbocycles. The molecule has 0 fully saturated rings. The Morgan fingerprint density at radius 3 is 2.56 bits per heavy atom. The fraction of sp³-hybridized carbons (Fsp3) is 0.138. The first kappa shape index (κ1) is 27.1. The zero-order valence-electron chi connectivity index (χ0n) is 20.8. The predicted octanol–water partition coefficient (Wildman–Crippen LogP) is 7.26. The summed E-state index contributed by atoms with van der Waals surface area (Å²) in [4.78, 5) is 18.8. The van der Waals surface area contributed by atoms with Crippen molar-refractivity contribution in [1.29, 1.82) is 5.41 Å². The van der Waals surface area contributed by atoms with Gasteiger partial charge in [0.05, 0.1) is 36.1 Å². The van der Waals surface area contributed by atoms with Gasteiger partial charge in [0, 0.05) is 16.9 Å². The number of thioether (sulfide) groups is 1. The van der Waals surface area contributed by atoms with Crippen LogP contribution in [0.15, 0.2) is 87.2 Å². The lowest BCUT2D eigenvalue weighted by Crippen LogP contribution is -2.38. The Morgan fingerprint density at radius 2 is 1.82 bits per heavy atom. The van der Waals surface area contributed by atoms with Crippen LogP contribution in [0.2, 0.25) is 5.02 Å². The van der Waals surface area contributed by atoms with Crippen molar-refractivity contribution in [3.8, 4) is 17.2 Å².